The monoisotopic (exact) mass is 788 g/mol. The zero-order valence-corrected chi connectivity index (χ0v) is 34.0. The summed E-state index contributed by atoms with van der Waals surface area (Å²) in [6.45, 7) is 2.23. The van der Waals surface area contributed by atoms with E-state index in [0.29, 0.717) is 17.5 Å². The number of fused-ring (bicyclic) bond motifs is 6. The second kappa shape index (κ2) is 15.2. The number of aromatic nitrogens is 4. The Morgan fingerprint density at radius 3 is 1.83 bits per heavy atom. The van der Waals surface area contributed by atoms with Crippen LogP contribution in [0, 0.1) is 0 Å². The van der Waals surface area contributed by atoms with Gasteiger partial charge < -0.3 is 4.57 Å². The van der Waals surface area contributed by atoms with Crippen LogP contribution in [0.1, 0.15) is 25.3 Å². The standard InChI is InChI=1S/C55H40N4S/c1-2-3-14-36-25-27-39(28-26-36)54-56-53(38-15-5-4-6-16-38)57-55(58-54)48-20-8-7-17-42(48)37-29-32-41(33-30-37)59-49-23-11-9-18-44(49)45-34-31-40(35-50(45)59)43-21-13-22-47-46-19-10-12-24-51(46)60-52(43)47/h4-13,15-35H,2-3,14H2,1H3. The van der Waals surface area contributed by atoms with E-state index in [2.05, 4.69) is 181 Å². The molecule has 0 N–H and O–H groups in total. The number of benzene rings is 8. The Kier molecular flexibility index (Phi) is 9.09. The predicted molar refractivity (Wildman–Crippen MR) is 253 cm³/mol. The molecule has 0 aliphatic carbocycles. The molecule has 0 atom stereocenters. The molecule has 286 valence electrons. The summed E-state index contributed by atoms with van der Waals surface area (Å²) in [6, 6.07) is 67.4. The Morgan fingerprint density at radius 1 is 0.433 bits per heavy atom. The van der Waals surface area contributed by atoms with Gasteiger partial charge in [0.05, 0.1) is 11.0 Å². The lowest BCUT2D eigenvalue weighted by Crippen LogP contribution is -2.01. The summed E-state index contributed by atoms with van der Waals surface area (Å²) in [6.07, 6.45) is 3.42. The quantitative estimate of drug-likeness (QED) is 0.146. The summed E-state index contributed by atoms with van der Waals surface area (Å²) < 4.78 is 5.05. The van der Waals surface area contributed by atoms with Crippen LogP contribution in [0.5, 0.6) is 0 Å². The van der Waals surface area contributed by atoms with E-state index in [1.807, 2.05) is 29.5 Å². The van der Waals surface area contributed by atoms with Gasteiger partial charge in [0.2, 0.25) is 0 Å². The Bertz CT molecular complexity index is 3340. The molecule has 3 aromatic heterocycles. The van der Waals surface area contributed by atoms with Crippen molar-refractivity contribution in [1.29, 1.82) is 0 Å². The predicted octanol–water partition coefficient (Wildman–Crippen LogP) is 15.0. The van der Waals surface area contributed by atoms with E-state index in [-0.39, 0.29) is 0 Å². The van der Waals surface area contributed by atoms with Crippen molar-refractivity contribution >= 4 is 53.3 Å². The van der Waals surface area contributed by atoms with Crippen molar-refractivity contribution in [2.24, 2.45) is 0 Å². The number of para-hydroxylation sites is 1. The SMILES string of the molecule is CCCCc1ccc(-c2nc(-c3ccccc3)nc(-c3ccccc3-c3ccc(-n4c5ccccc5c5ccc(-c6cccc7c6sc6ccccc67)cc54)cc3)n2)cc1. The Morgan fingerprint density at radius 2 is 1.03 bits per heavy atom. The minimum absolute atomic E-state index is 0.650. The molecule has 0 bridgehead atoms. The highest BCUT2D eigenvalue weighted by molar-refractivity contribution is 7.26. The van der Waals surface area contributed by atoms with Gasteiger partial charge in [-0.2, -0.15) is 0 Å². The molecule has 0 amide bonds. The van der Waals surface area contributed by atoms with Gasteiger partial charge in [0.15, 0.2) is 17.5 Å². The second-order valence-electron chi connectivity index (χ2n) is 15.4. The van der Waals surface area contributed by atoms with Crippen molar-refractivity contribution in [3.05, 3.63) is 194 Å². The summed E-state index contributed by atoms with van der Waals surface area (Å²) in [5, 5.41) is 5.11. The Hall–Kier alpha value is -7.21. The first-order valence-electron chi connectivity index (χ1n) is 20.7. The molecule has 0 saturated heterocycles. The van der Waals surface area contributed by atoms with Crippen LogP contribution < -0.4 is 0 Å². The zero-order chi connectivity index (χ0) is 40.0. The lowest BCUT2D eigenvalue weighted by Gasteiger charge is -2.13. The highest BCUT2D eigenvalue weighted by Crippen LogP contribution is 2.42. The van der Waals surface area contributed by atoms with Crippen LogP contribution in [-0.4, -0.2) is 19.5 Å². The molecule has 0 aliphatic heterocycles. The van der Waals surface area contributed by atoms with Crippen LogP contribution in [0.4, 0.5) is 0 Å². The second-order valence-corrected chi connectivity index (χ2v) is 16.5. The van der Waals surface area contributed by atoms with Gasteiger partial charge in [-0.25, -0.2) is 15.0 Å². The minimum Gasteiger partial charge on any atom is -0.309 e. The van der Waals surface area contributed by atoms with Gasteiger partial charge in [0.25, 0.3) is 0 Å². The Labute approximate surface area is 353 Å². The smallest absolute Gasteiger partial charge is 0.164 e. The van der Waals surface area contributed by atoms with Crippen molar-refractivity contribution in [2.45, 2.75) is 26.2 Å². The number of unbranched alkanes of at least 4 members (excludes halogenated alkanes) is 1. The molecule has 60 heavy (non-hydrogen) atoms. The van der Waals surface area contributed by atoms with Gasteiger partial charge in [-0.1, -0.05) is 171 Å². The van der Waals surface area contributed by atoms with E-state index < -0.39 is 0 Å². The lowest BCUT2D eigenvalue weighted by molar-refractivity contribution is 0.795. The molecule has 4 nitrogen and oxygen atoms in total. The summed E-state index contributed by atoms with van der Waals surface area (Å²) >= 11 is 1.88. The summed E-state index contributed by atoms with van der Waals surface area (Å²) in [7, 11) is 0. The molecule has 0 aliphatic rings. The van der Waals surface area contributed by atoms with Gasteiger partial charge in [0, 0.05) is 53.3 Å². The number of rotatable bonds is 9. The highest BCUT2D eigenvalue weighted by atomic mass is 32.1. The summed E-state index contributed by atoms with van der Waals surface area (Å²) in [5.74, 6) is 1.97. The molecular weight excluding hydrogens is 749 g/mol. The molecule has 11 aromatic rings. The average molecular weight is 789 g/mol. The van der Waals surface area contributed by atoms with E-state index in [0.717, 1.165) is 39.9 Å². The average Bonchev–Trinajstić information content (AvgIpc) is 3.87. The molecule has 0 saturated carbocycles. The van der Waals surface area contributed by atoms with Crippen molar-refractivity contribution in [1.82, 2.24) is 19.5 Å². The highest BCUT2D eigenvalue weighted by Gasteiger charge is 2.18. The van der Waals surface area contributed by atoms with E-state index >= 15 is 0 Å². The molecule has 0 unspecified atom stereocenters. The molecule has 11 rings (SSSR count). The van der Waals surface area contributed by atoms with E-state index in [1.165, 1.54) is 71.5 Å². The van der Waals surface area contributed by atoms with Crippen LogP contribution in [0.2, 0.25) is 0 Å². The topological polar surface area (TPSA) is 43.6 Å². The van der Waals surface area contributed by atoms with Gasteiger partial charge in [0.1, 0.15) is 0 Å². The third kappa shape index (κ3) is 6.35. The normalized spacial score (nSPS) is 11.6. The summed E-state index contributed by atoms with van der Waals surface area (Å²) in [4.78, 5) is 15.3. The van der Waals surface area contributed by atoms with E-state index in [9.17, 15) is 0 Å². The first-order chi connectivity index (χ1) is 29.7. The van der Waals surface area contributed by atoms with Crippen molar-refractivity contribution in [3.63, 3.8) is 0 Å². The van der Waals surface area contributed by atoms with Gasteiger partial charge >= 0.3 is 0 Å². The Balaban J connectivity index is 1.01. The van der Waals surface area contributed by atoms with Crippen molar-refractivity contribution in [2.75, 3.05) is 0 Å². The minimum atomic E-state index is 0.650. The molecular formula is C55H40N4S. The molecule has 3 heterocycles. The largest absolute Gasteiger partial charge is 0.309 e. The van der Waals surface area contributed by atoms with Gasteiger partial charge in [-0.15, -0.1) is 11.3 Å². The molecule has 0 radical (unpaired) electrons. The van der Waals surface area contributed by atoms with Crippen molar-refractivity contribution < 1.29 is 0 Å². The molecule has 0 spiro atoms. The number of thiophene rings is 1. The summed E-state index contributed by atoms with van der Waals surface area (Å²) in [5.41, 5.74) is 12.3. The zero-order valence-electron chi connectivity index (χ0n) is 33.2. The van der Waals surface area contributed by atoms with E-state index in [1.54, 1.807) is 0 Å². The van der Waals surface area contributed by atoms with Crippen LogP contribution in [-0.2, 0) is 6.42 Å². The lowest BCUT2D eigenvalue weighted by atomic mass is 9.98. The van der Waals surface area contributed by atoms with E-state index in [4.69, 9.17) is 15.0 Å². The molecule has 8 aromatic carbocycles. The third-order valence-electron chi connectivity index (χ3n) is 11.7. The fraction of sp³-hybridized carbons (Fsp3) is 0.0727. The van der Waals surface area contributed by atoms with Crippen LogP contribution in [0.25, 0.3) is 104 Å². The van der Waals surface area contributed by atoms with Crippen LogP contribution in [0.3, 0.4) is 0 Å². The van der Waals surface area contributed by atoms with Crippen LogP contribution >= 0.6 is 11.3 Å². The fourth-order valence-electron chi connectivity index (χ4n) is 8.65. The van der Waals surface area contributed by atoms with Gasteiger partial charge in [-0.05, 0) is 71.0 Å². The van der Waals surface area contributed by atoms with Gasteiger partial charge in [-0.3, -0.25) is 0 Å². The first-order valence-corrected chi connectivity index (χ1v) is 21.6. The number of hydrogen-bond donors (Lipinski definition) is 0. The number of nitrogens with zero attached hydrogens (tertiary/aromatic N) is 4. The first kappa shape index (κ1) is 35.9. The maximum Gasteiger partial charge on any atom is 0.164 e. The number of aryl methyl sites for hydroxylation is 1. The third-order valence-corrected chi connectivity index (χ3v) is 12.9. The fourth-order valence-corrected chi connectivity index (χ4v) is 9.89. The number of hydrogen-bond acceptors (Lipinski definition) is 4. The van der Waals surface area contributed by atoms with Crippen LogP contribution in [0.15, 0.2) is 188 Å². The molecule has 0 fully saturated rings. The molecule has 5 heteroatoms. The van der Waals surface area contributed by atoms with Crippen molar-refractivity contribution in [3.8, 4) is 62.1 Å². The maximum absolute atomic E-state index is 5.14. The maximum atomic E-state index is 5.14.